The van der Waals surface area contributed by atoms with Crippen LogP contribution in [-0.4, -0.2) is 4.57 Å². The van der Waals surface area contributed by atoms with E-state index >= 15 is 0 Å². The predicted molar refractivity (Wildman–Crippen MR) is 235 cm³/mol. The van der Waals surface area contributed by atoms with E-state index in [2.05, 4.69) is 217 Å². The summed E-state index contributed by atoms with van der Waals surface area (Å²) in [7, 11) is 0. The Bertz CT molecular complexity index is 3230. The van der Waals surface area contributed by atoms with Crippen LogP contribution in [0.25, 0.3) is 104 Å². The summed E-state index contributed by atoms with van der Waals surface area (Å²) in [6.45, 7) is 0. The van der Waals surface area contributed by atoms with Crippen molar-refractivity contribution in [3.8, 4) is 50.2 Å². The summed E-state index contributed by atoms with van der Waals surface area (Å²) in [6, 6.07) is 77.8. The topological polar surface area (TPSA) is 4.93 Å². The molecular weight excluding hydrogens is 663 g/mol. The Kier molecular flexibility index (Phi) is 7.25. The highest BCUT2D eigenvalue weighted by Gasteiger charge is 2.16. The fourth-order valence-electron chi connectivity index (χ4n) is 8.50. The van der Waals surface area contributed by atoms with Crippen molar-refractivity contribution in [2.45, 2.75) is 0 Å². The van der Waals surface area contributed by atoms with Gasteiger partial charge in [0.25, 0.3) is 0 Å². The second-order valence-electron chi connectivity index (χ2n) is 14.6. The molecule has 0 saturated carbocycles. The van der Waals surface area contributed by atoms with E-state index in [1.807, 2.05) is 0 Å². The van der Waals surface area contributed by atoms with Gasteiger partial charge in [-0.3, -0.25) is 0 Å². The average molecular weight is 698 g/mol. The molecule has 0 amide bonds. The molecule has 0 aliphatic carbocycles. The molecule has 55 heavy (non-hydrogen) atoms. The minimum atomic E-state index is 1.20. The van der Waals surface area contributed by atoms with Gasteiger partial charge in [0.2, 0.25) is 0 Å². The zero-order chi connectivity index (χ0) is 36.3. The van der Waals surface area contributed by atoms with E-state index in [1.165, 1.54) is 104 Å². The van der Waals surface area contributed by atoms with E-state index in [-0.39, 0.29) is 0 Å². The number of hydrogen-bond acceptors (Lipinski definition) is 0. The lowest BCUT2D eigenvalue weighted by atomic mass is 9.95. The second-order valence-corrected chi connectivity index (χ2v) is 14.6. The van der Waals surface area contributed by atoms with Crippen LogP contribution in [0.4, 0.5) is 0 Å². The predicted octanol–water partition coefficient (Wildman–Crippen LogP) is 14.9. The normalized spacial score (nSPS) is 11.6. The lowest BCUT2D eigenvalue weighted by Crippen LogP contribution is -1.95. The maximum absolute atomic E-state index is 2.44. The van der Waals surface area contributed by atoms with E-state index in [4.69, 9.17) is 0 Å². The molecule has 0 saturated heterocycles. The molecular formula is C54H35N. The molecule has 256 valence electrons. The zero-order valence-electron chi connectivity index (χ0n) is 30.2. The van der Waals surface area contributed by atoms with Gasteiger partial charge in [0.05, 0.1) is 16.7 Å². The smallest absolute Gasteiger partial charge is 0.0541 e. The maximum atomic E-state index is 2.44. The summed E-state index contributed by atoms with van der Waals surface area (Å²) in [6.07, 6.45) is 0. The van der Waals surface area contributed by atoms with Crippen LogP contribution < -0.4 is 0 Å². The van der Waals surface area contributed by atoms with Gasteiger partial charge in [0, 0.05) is 16.2 Å². The lowest BCUT2D eigenvalue weighted by Gasteiger charge is -2.12. The van der Waals surface area contributed by atoms with Crippen molar-refractivity contribution in [2.24, 2.45) is 0 Å². The summed E-state index contributed by atoms with van der Waals surface area (Å²) in [5, 5.41) is 10.0. The minimum Gasteiger partial charge on any atom is -0.309 e. The molecule has 0 radical (unpaired) electrons. The van der Waals surface area contributed by atoms with Gasteiger partial charge in [0.1, 0.15) is 0 Å². The first-order valence-electron chi connectivity index (χ1n) is 19.0. The highest BCUT2D eigenvalue weighted by molar-refractivity contribution is 6.13. The van der Waals surface area contributed by atoms with Crippen molar-refractivity contribution in [3.05, 3.63) is 212 Å². The summed E-state index contributed by atoms with van der Waals surface area (Å²) < 4.78 is 2.44. The molecule has 11 aromatic rings. The number of aromatic nitrogens is 1. The van der Waals surface area contributed by atoms with Gasteiger partial charge in [-0.05, 0) is 120 Å². The van der Waals surface area contributed by atoms with Crippen molar-refractivity contribution >= 4 is 54.1 Å². The Balaban J connectivity index is 0.970. The van der Waals surface area contributed by atoms with Gasteiger partial charge < -0.3 is 4.57 Å². The van der Waals surface area contributed by atoms with Crippen LogP contribution in [-0.2, 0) is 0 Å². The molecule has 1 nitrogen and oxygen atoms in total. The van der Waals surface area contributed by atoms with Crippen molar-refractivity contribution in [1.29, 1.82) is 0 Å². The molecule has 0 atom stereocenters. The first-order valence-corrected chi connectivity index (χ1v) is 19.0. The summed E-state index contributed by atoms with van der Waals surface area (Å²) in [4.78, 5) is 0. The van der Waals surface area contributed by atoms with Crippen LogP contribution in [0.15, 0.2) is 212 Å². The van der Waals surface area contributed by atoms with Crippen LogP contribution >= 0.6 is 0 Å². The maximum Gasteiger partial charge on any atom is 0.0541 e. The molecule has 0 unspecified atom stereocenters. The fourth-order valence-corrected chi connectivity index (χ4v) is 8.50. The highest BCUT2D eigenvalue weighted by Crippen LogP contribution is 2.39. The Morgan fingerprint density at radius 2 is 0.618 bits per heavy atom. The van der Waals surface area contributed by atoms with E-state index < -0.39 is 0 Å². The molecule has 0 fully saturated rings. The summed E-state index contributed by atoms with van der Waals surface area (Å²) in [5.41, 5.74) is 13.4. The first-order chi connectivity index (χ1) is 27.2. The molecule has 0 aliphatic rings. The Morgan fingerprint density at radius 1 is 0.218 bits per heavy atom. The van der Waals surface area contributed by atoms with Crippen LogP contribution in [0.2, 0.25) is 0 Å². The molecule has 1 heterocycles. The van der Waals surface area contributed by atoms with Gasteiger partial charge >= 0.3 is 0 Å². The summed E-state index contributed by atoms with van der Waals surface area (Å²) >= 11 is 0. The number of hydrogen-bond donors (Lipinski definition) is 0. The van der Waals surface area contributed by atoms with E-state index in [1.54, 1.807) is 0 Å². The number of fused-ring (bicyclic) bond motifs is 6. The SMILES string of the molecule is c1ccc(-c2ccc3c(c2)c2cc(-c4ccc(-c5ccc6cc(-c7ccc8ccccc8c7)ccc6c5)cc4)ccc2n3-c2cccc3ccccc23)cc1. The third kappa shape index (κ3) is 5.40. The van der Waals surface area contributed by atoms with Crippen LogP contribution in [0, 0.1) is 0 Å². The standard InChI is InChI=1S/C54H35N/c1-2-9-36(10-3-1)47-27-29-53-50(34-47)51-35-48(28-30-54(51)55(53)52-16-8-14-40-12-6-7-15-49(40)52)39-19-17-38(18-20-39)42-23-24-45-33-46(26-25-44(45)32-42)43-22-21-37-11-4-5-13-41(37)31-43/h1-35H. The van der Waals surface area contributed by atoms with E-state index in [9.17, 15) is 0 Å². The van der Waals surface area contributed by atoms with Crippen molar-refractivity contribution in [3.63, 3.8) is 0 Å². The zero-order valence-corrected chi connectivity index (χ0v) is 30.2. The molecule has 0 aliphatic heterocycles. The monoisotopic (exact) mass is 697 g/mol. The molecule has 11 rings (SSSR count). The van der Waals surface area contributed by atoms with Gasteiger partial charge in [-0.25, -0.2) is 0 Å². The van der Waals surface area contributed by atoms with Crippen LogP contribution in [0.1, 0.15) is 0 Å². The van der Waals surface area contributed by atoms with Gasteiger partial charge in [0.15, 0.2) is 0 Å². The van der Waals surface area contributed by atoms with E-state index in [0.29, 0.717) is 0 Å². The molecule has 10 aromatic carbocycles. The first kappa shape index (κ1) is 31.3. The molecule has 0 spiro atoms. The molecule has 0 N–H and O–H groups in total. The number of nitrogens with zero attached hydrogens (tertiary/aromatic N) is 1. The Hall–Kier alpha value is -7.22. The Morgan fingerprint density at radius 3 is 1.24 bits per heavy atom. The van der Waals surface area contributed by atoms with Crippen molar-refractivity contribution in [1.82, 2.24) is 4.57 Å². The lowest BCUT2D eigenvalue weighted by molar-refractivity contribution is 1.20. The number of rotatable bonds is 5. The highest BCUT2D eigenvalue weighted by atomic mass is 15.0. The van der Waals surface area contributed by atoms with Gasteiger partial charge in [-0.2, -0.15) is 0 Å². The van der Waals surface area contributed by atoms with Crippen molar-refractivity contribution < 1.29 is 0 Å². The summed E-state index contributed by atoms with van der Waals surface area (Å²) in [5.74, 6) is 0. The van der Waals surface area contributed by atoms with Crippen LogP contribution in [0.5, 0.6) is 0 Å². The molecule has 1 heteroatoms. The third-order valence-corrected chi connectivity index (χ3v) is 11.4. The van der Waals surface area contributed by atoms with Gasteiger partial charge in [-0.1, -0.05) is 164 Å². The second kappa shape index (κ2) is 12.7. The van der Waals surface area contributed by atoms with Crippen LogP contribution in [0.3, 0.4) is 0 Å². The quantitative estimate of drug-likeness (QED) is 0.169. The fraction of sp³-hybridized carbons (Fsp3) is 0. The molecule has 1 aromatic heterocycles. The largest absolute Gasteiger partial charge is 0.309 e. The molecule has 0 bridgehead atoms. The van der Waals surface area contributed by atoms with Crippen molar-refractivity contribution in [2.75, 3.05) is 0 Å². The third-order valence-electron chi connectivity index (χ3n) is 11.4. The minimum absolute atomic E-state index is 1.20. The average Bonchev–Trinajstić information content (AvgIpc) is 3.58. The Labute approximate surface area is 320 Å². The number of benzene rings is 10. The van der Waals surface area contributed by atoms with E-state index in [0.717, 1.165) is 0 Å². The van der Waals surface area contributed by atoms with Gasteiger partial charge in [-0.15, -0.1) is 0 Å².